The smallest absolute Gasteiger partial charge is 0.312 e. The van der Waals surface area contributed by atoms with Crippen molar-refractivity contribution in [3.05, 3.63) is 23.3 Å². The monoisotopic (exact) mass is 262 g/mol. The fourth-order valence-electron chi connectivity index (χ4n) is 3.30. The van der Waals surface area contributed by atoms with E-state index in [0.29, 0.717) is 5.92 Å². The second kappa shape index (κ2) is 5.32. The van der Waals surface area contributed by atoms with Crippen LogP contribution in [0.3, 0.4) is 0 Å². The molecule has 19 heavy (non-hydrogen) atoms. The number of allylic oxidation sites excluding steroid dienone is 4. The van der Waals surface area contributed by atoms with Crippen LogP contribution in [-0.4, -0.2) is 19.4 Å². The zero-order valence-electron chi connectivity index (χ0n) is 11.9. The Bertz CT molecular complexity index is 447. The highest BCUT2D eigenvalue weighted by Gasteiger charge is 2.65. The van der Waals surface area contributed by atoms with E-state index in [9.17, 15) is 9.59 Å². The third-order valence-electron chi connectivity index (χ3n) is 4.73. The van der Waals surface area contributed by atoms with E-state index in [-0.39, 0.29) is 11.9 Å². The molecule has 3 heteroatoms. The van der Waals surface area contributed by atoms with Gasteiger partial charge in [0.1, 0.15) is 6.29 Å². The number of rotatable bonds is 2. The number of carbonyl (C=O) groups is 2. The third-order valence-corrected chi connectivity index (χ3v) is 4.73. The summed E-state index contributed by atoms with van der Waals surface area (Å²) < 4.78 is 4.94. The maximum atomic E-state index is 12.0. The lowest BCUT2D eigenvalue weighted by atomic mass is 10.0. The first-order chi connectivity index (χ1) is 9.03. The molecular weight excluding hydrogens is 240 g/mol. The lowest BCUT2D eigenvalue weighted by Gasteiger charge is -2.08. The van der Waals surface area contributed by atoms with Crippen LogP contribution >= 0.6 is 0 Å². The van der Waals surface area contributed by atoms with Crippen molar-refractivity contribution in [2.75, 3.05) is 7.11 Å². The lowest BCUT2D eigenvalue weighted by Crippen LogP contribution is -2.17. The van der Waals surface area contributed by atoms with Crippen LogP contribution in [0.5, 0.6) is 0 Å². The Hall–Kier alpha value is -1.38. The number of hydrogen-bond acceptors (Lipinski definition) is 3. The highest BCUT2D eigenvalue weighted by atomic mass is 16.5. The summed E-state index contributed by atoms with van der Waals surface area (Å²) in [5, 5.41) is 0. The molecule has 3 nitrogen and oxygen atoms in total. The number of esters is 1. The molecule has 104 valence electrons. The minimum atomic E-state index is -0.437. The zero-order valence-corrected chi connectivity index (χ0v) is 11.9. The molecule has 0 radical (unpaired) electrons. The average molecular weight is 262 g/mol. The molecule has 0 heterocycles. The van der Waals surface area contributed by atoms with Crippen molar-refractivity contribution in [3.8, 4) is 0 Å². The number of ether oxygens (including phenoxy) is 1. The van der Waals surface area contributed by atoms with Crippen LogP contribution in [0.2, 0.25) is 0 Å². The van der Waals surface area contributed by atoms with Crippen LogP contribution < -0.4 is 0 Å². The van der Waals surface area contributed by atoms with Crippen molar-refractivity contribution in [3.63, 3.8) is 0 Å². The van der Waals surface area contributed by atoms with Gasteiger partial charge in [-0.25, -0.2) is 0 Å². The molecule has 2 aliphatic carbocycles. The SMILES string of the molecule is COC(=O)[C@@]1(C)[C@@H]2CCC(C)=CCCC(C=O)=C[C@@H]21. The van der Waals surface area contributed by atoms with Gasteiger partial charge in [-0.05, 0) is 56.9 Å². The van der Waals surface area contributed by atoms with Crippen molar-refractivity contribution in [2.45, 2.75) is 39.5 Å². The van der Waals surface area contributed by atoms with E-state index in [1.54, 1.807) is 0 Å². The van der Waals surface area contributed by atoms with Gasteiger partial charge in [-0.3, -0.25) is 9.59 Å². The Kier molecular flexibility index (Phi) is 3.93. The van der Waals surface area contributed by atoms with Gasteiger partial charge in [0.05, 0.1) is 12.5 Å². The highest BCUT2D eigenvalue weighted by Crippen LogP contribution is 2.62. The Balaban J connectivity index is 2.26. The first-order valence-electron chi connectivity index (χ1n) is 6.94. The second-order valence-corrected chi connectivity index (χ2v) is 5.89. The largest absolute Gasteiger partial charge is 0.469 e. The van der Waals surface area contributed by atoms with Crippen LogP contribution in [0, 0.1) is 17.3 Å². The average Bonchev–Trinajstić information content (AvgIpc) is 2.99. The second-order valence-electron chi connectivity index (χ2n) is 5.89. The first-order valence-corrected chi connectivity index (χ1v) is 6.94. The van der Waals surface area contributed by atoms with Gasteiger partial charge < -0.3 is 4.74 Å². The van der Waals surface area contributed by atoms with Crippen molar-refractivity contribution in [2.24, 2.45) is 17.3 Å². The molecule has 0 saturated heterocycles. The summed E-state index contributed by atoms with van der Waals surface area (Å²) in [6.45, 7) is 4.09. The maximum absolute atomic E-state index is 12.0. The van der Waals surface area contributed by atoms with E-state index >= 15 is 0 Å². The summed E-state index contributed by atoms with van der Waals surface area (Å²) in [7, 11) is 1.44. The van der Waals surface area contributed by atoms with Crippen molar-refractivity contribution < 1.29 is 14.3 Å². The van der Waals surface area contributed by atoms with Crippen LogP contribution in [0.15, 0.2) is 23.3 Å². The van der Waals surface area contributed by atoms with Crippen LogP contribution in [-0.2, 0) is 14.3 Å². The molecule has 0 unspecified atom stereocenters. The van der Waals surface area contributed by atoms with E-state index in [2.05, 4.69) is 13.0 Å². The molecule has 1 saturated carbocycles. The number of fused-ring (bicyclic) bond motifs is 1. The summed E-state index contributed by atoms with van der Waals surface area (Å²) in [6, 6.07) is 0. The maximum Gasteiger partial charge on any atom is 0.312 e. The fourth-order valence-corrected chi connectivity index (χ4v) is 3.30. The van der Waals surface area contributed by atoms with Crippen LogP contribution in [0.1, 0.15) is 39.5 Å². The molecule has 0 spiro atoms. The van der Waals surface area contributed by atoms with Crippen molar-refractivity contribution in [1.82, 2.24) is 0 Å². The van der Waals surface area contributed by atoms with E-state index in [4.69, 9.17) is 4.74 Å². The molecule has 2 aliphatic rings. The summed E-state index contributed by atoms with van der Waals surface area (Å²) in [5.41, 5.74) is 1.73. The van der Waals surface area contributed by atoms with Crippen LogP contribution in [0.25, 0.3) is 0 Å². The number of carbonyl (C=O) groups excluding carboxylic acids is 2. The van der Waals surface area contributed by atoms with Gasteiger partial charge in [0.2, 0.25) is 0 Å². The number of hydrogen-bond donors (Lipinski definition) is 0. The Labute approximate surface area is 114 Å². The minimum Gasteiger partial charge on any atom is -0.469 e. The Morgan fingerprint density at radius 1 is 1.47 bits per heavy atom. The molecule has 0 bridgehead atoms. The molecular formula is C16H22O3. The van der Waals surface area contributed by atoms with Gasteiger partial charge in [-0.15, -0.1) is 0 Å². The molecule has 0 N–H and O–H groups in total. The topological polar surface area (TPSA) is 43.4 Å². The minimum absolute atomic E-state index is 0.148. The van der Waals surface area contributed by atoms with E-state index in [1.165, 1.54) is 12.7 Å². The quantitative estimate of drug-likeness (QED) is 0.436. The molecule has 0 aromatic heterocycles. The van der Waals surface area contributed by atoms with Gasteiger partial charge in [0.15, 0.2) is 0 Å². The van der Waals surface area contributed by atoms with Crippen LogP contribution in [0.4, 0.5) is 0 Å². The van der Waals surface area contributed by atoms with Crippen molar-refractivity contribution in [1.29, 1.82) is 0 Å². The molecule has 0 aliphatic heterocycles. The highest BCUT2D eigenvalue weighted by molar-refractivity contribution is 5.82. The van der Waals surface area contributed by atoms with Gasteiger partial charge in [-0.1, -0.05) is 17.7 Å². The molecule has 1 fully saturated rings. The molecule has 0 aromatic carbocycles. The zero-order chi connectivity index (χ0) is 14.0. The van der Waals surface area contributed by atoms with E-state index in [1.807, 2.05) is 13.0 Å². The third kappa shape index (κ3) is 2.51. The fraction of sp³-hybridized carbons (Fsp3) is 0.625. The summed E-state index contributed by atoms with van der Waals surface area (Å²) in [5.74, 6) is 0.312. The number of aldehydes is 1. The predicted molar refractivity (Wildman–Crippen MR) is 73.5 cm³/mol. The Morgan fingerprint density at radius 3 is 2.84 bits per heavy atom. The van der Waals surface area contributed by atoms with Gasteiger partial charge in [0.25, 0.3) is 0 Å². The summed E-state index contributed by atoms with van der Waals surface area (Å²) in [4.78, 5) is 23.1. The summed E-state index contributed by atoms with van der Waals surface area (Å²) in [6.07, 6.45) is 8.82. The van der Waals surface area contributed by atoms with Crippen molar-refractivity contribution >= 4 is 12.3 Å². The van der Waals surface area contributed by atoms with E-state index in [0.717, 1.165) is 37.5 Å². The molecule has 2 rings (SSSR count). The van der Waals surface area contributed by atoms with Gasteiger partial charge in [0, 0.05) is 0 Å². The normalized spacial score (nSPS) is 34.5. The standard InChI is InChI=1S/C16H22O3/c1-11-5-4-6-12(10-17)9-14-13(8-7-11)16(14,2)15(18)19-3/h5,9-10,13-14H,4,6-8H2,1-3H3/t13-,14+,16+/m1/s1. The van der Waals surface area contributed by atoms with Gasteiger partial charge in [-0.2, -0.15) is 0 Å². The van der Waals surface area contributed by atoms with Gasteiger partial charge >= 0.3 is 5.97 Å². The summed E-state index contributed by atoms with van der Waals surface area (Å²) >= 11 is 0. The molecule has 0 amide bonds. The van der Waals surface area contributed by atoms with E-state index < -0.39 is 5.41 Å². The first kappa shape index (κ1) is 14.0. The Morgan fingerprint density at radius 2 is 2.21 bits per heavy atom. The number of methoxy groups -OCH3 is 1. The molecule has 0 aromatic rings. The molecule has 3 atom stereocenters. The lowest BCUT2D eigenvalue weighted by molar-refractivity contribution is -0.147. The predicted octanol–water partition coefficient (Wildman–Crippen LogP) is 3.06.